The number of hydrogen-bond donors (Lipinski definition) is 2. The molecule has 3 N–H and O–H groups in total. The quantitative estimate of drug-likeness (QED) is 0.896. The van der Waals surface area contributed by atoms with Gasteiger partial charge in [0, 0.05) is 12.1 Å². The summed E-state index contributed by atoms with van der Waals surface area (Å²) in [5.41, 5.74) is 5.73. The van der Waals surface area contributed by atoms with E-state index in [0.717, 1.165) is 25.7 Å². The highest BCUT2D eigenvalue weighted by atomic mass is 35.5. The average molecular weight is 303 g/mol. The molecule has 2 rings (SSSR count). The maximum Gasteiger partial charge on any atom is 0.251 e. The smallest absolute Gasteiger partial charge is 0.251 e. The van der Waals surface area contributed by atoms with Gasteiger partial charge >= 0.3 is 0 Å². The highest BCUT2D eigenvalue weighted by molar-refractivity contribution is 5.94. The van der Waals surface area contributed by atoms with Gasteiger partial charge in [-0.15, -0.1) is 12.4 Å². The van der Waals surface area contributed by atoms with Gasteiger partial charge in [-0.25, -0.2) is 4.39 Å². The molecule has 0 unspecified atom stereocenters. The average Bonchev–Trinajstić information content (AvgIpc) is 2.87. The van der Waals surface area contributed by atoms with Gasteiger partial charge in [-0.2, -0.15) is 0 Å². The Balaban J connectivity index is 0.00000200. The second-order valence-electron chi connectivity index (χ2n) is 5.00. The van der Waals surface area contributed by atoms with E-state index in [0.29, 0.717) is 6.54 Å². The van der Waals surface area contributed by atoms with Gasteiger partial charge in [0.1, 0.15) is 0 Å². The number of ether oxygens (including phenoxy) is 1. The van der Waals surface area contributed by atoms with Crippen LogP contribution in [0.3, 0.4) is 0 Å². The molecule has 1 aromatic carbocycles. The third-order valence-corrected chi connectivity index (χ3v) is 3.74. The SMILES string of the molecule is COc1ccc(C(=O)NC2(CN)CCCC2)cc1F.Cl. The van der Waals surface area contributed by atoms with Crippen molar-refractivity contribution in [1.82, 2.24) is 5.32 Å². The van der Waals surface area contributed by atoms with Gasteiger partial charge in [0.15, 0.2) is 11.6 Å². The molecule has 4 nitrogen and oxygen atoms in total. The number of rotatable bonds is 4. The standard InChI is InChI=1S/C14H19FN2O2.ClH/c1-19-12-5-4-10(8-11(12)15)13(18)17-14(9-16)6-2-3-7-14;/h4-5,8H,2-3,6-7,9,16H2,1H3,(H,17,18);1H. The molecule has 0 heterocycles. The Hall–Kier alpha value is -1.33. The second-order valence-corrected chi connectivity index (χ2v) is 5.00. The molecule has 6 heteroatoms. The van der Waals surface area contributed by atoms with E-state index in [1.807, 2.05) is 0 Å². The third-order valence-electron chi connectivity index (χ3n) is 3.74. The molecule has 0 aliphatic heterocycles. The number of hydrogen-bond acceptors (Lipinski definition) is 3. The van der Waals surface area contributed by atoms with Crippen LogP contribution in [0.15, 0.2) is 18.2 Å². The lowest BCUT2D eigenvalue weighted by Crippen LogP contribution is -2.51. The van der Waals surface area contributed by atoms with Gasteiger partial charge in [-0.1, -0.05) is 12.8 Å². The number of halogens is 2. The van der Waals surface area contributed by atoms with Gasteiger partial charge in [0.05, 0.1) is 12.6 Å². The zero-order valence-corrected chi connectivity index (χ0v) is 12.3. The van der Waals surface area contributed by atoms with Crippen molar-refractivity contribution in [2.45, 2.75) is 31.2 Å². The Morgan fingerprint density at radius 1 is 1.45 bits per heavy atom. The van der Waals surface area contributed by atoms with Crippen LogP contribution in [0.1, 0.15) is 36.0 Å². The number of carbonyl (C=O) groups excluding carboxylic acids is 1. The molecular formula is C14H20ClFN2O2. The predicted octanol–water partition coefficient (Wildman–Crippen LogP) is 2.26. The first-order valence-corrected chi connectivity index (χ1v) is 6.46. The molecule has 1 aliphatic rings. The summed E-state index contributed by atoms with van der Waals surface area (Å²) in [7, 11) is 1.39. The van der Waals surface area contributed by atoms with Crippen LogP contribution in [0.25, 0.3) is 0 Å². The van der Waals surface area contributed by atoms with Gasteiger partial charge in [0.2, 0.25) is 0 Å². The number of carbonyl (C=O) groups is 1. The molecule has 0 aromatic heterocycles. The summed E-state index contributed by atoms with van der Waals surface area (Å²) in [4.78, 5) is 12.1. The Morgan fingerprint density at radius 2 is 2.10 bits per heavy atom. The van der Waals surface area contributed by atoms with Crippen molar-refractivity contribution in [1.29, 1.82) is 0 Å². The van der Waals surface area contributed by atoms with E-state index >= 15 is 0 Å². The van der Waals surface area contributed by atoms with Crippen molar-refractivity contribution in [2.24, 2.45) is 5.73 Å². The first-order chi connectivity index (χ1) is 9.10. The lowest BCUT2D eigenvalue weighted by molar-refractivity contribution is 0.0902. The van der Waals surface area contributed by atoms with E-state index in [1.165, 1.54) is 19.2 Å². The molecule has 20 heavy (non-hydrogen) atoms. The molecule has 112 valence electrons. The van der Waals surface area contributed by atoms with Gasteiger partial charge in [0.25, 0.3) is 5.91 Å². The van der Waals surface area contributed by atoms with E-state index in [1.54, 1.807) is 6.07 Å². The summed E-state index contributed by atoms with van der Waals surface area (Å²) >= 11 is 0. The van der Waals surface area contributed by atoms with E-state index in [9.17, 15) is 9.18 Å². The Morgan fingerprint density at radius 3 is 2.60 bits per heavy atom. The fourth-order valence-corrected chi connectivity index (χ4v) is 2.55. The number of amides is 1. The monoisotopic (exact) mass is 302 g/mol. The minimum absolute atomic E-state index is 0. The van der Waals surface area contributed by atoms with Crippen LogP contribution < -0.4 is 15.8 Å². The molecule has 1 fully saturated rings. The number of methoxy groups -OCH3 is 1. The number of nitrogens with two attached hydrogens (primary N) is 1. The highest BCUT2D eigenvalue weighted by Gasteiger charge is 2.34. The fourth-order valence-electron chi connectivity index (χ4n) is 2.55. The van der Waals surface area contributed by atoms with Gasteiger partial charge < -0.3 is 15.8 Å². The molecule has 0 saturated heterocycles. The molecule has 1 saturated carbocycles. The summed E-state index contributed by atoms with van der Waals surface area (Å²) < 4.78 is 18.4. The lowest BCUT2D eigenvalue weighted by atomic mass is 9.97. The lowest BCUT2D eigenvalue weighted by Gasteiger charge is -2.28. The number of benzene rings is 1. The largest absolute Gasteiger partial charge is 0.494 e. The van der Waals surface area contributed by atoms with Crippen molar-refractivity contribution < 1.29 is 13.9 Å². The highest BCUT2D eigenvalue weighted by Crippen LogP contribution is 2.29. The molecule has 0 bridgehead atoms. The summed E-state index contributed by atoms with van der Waals surface area (Å²) in [6.45, 7) is 0.414. The number of nitrogens with one attached hydrogen (secondary N) is 1. The van der Waals surface area contributed by atoms with Crippen molar-refractivity contribution >= 4 is 18.3 Å². The van der Waals surface area contributed by atoms with Crippen LogP contribution in [0.5, 0.6) is 5.75 Å². The molecule has 1 aliphatic carbocycles. The Kier molecular flexibility index (Phi) is 5.77. The third kappa shape index (κ3) is 3.41. The minimum Gasteiger partial charge on any atom is -0.494 e. The van der Waals surface area contributed by atoms with E-state index in [2.05, 4.69) is 5.32 Å². The fraction of sp³-hybridized carbons (Fsp3) is 0.500. The van der Waals surface area contributed by atoms with E-state index in [4.69, 9.17) is 10.5 Å². The van der Waals surface area contributed by atoms with E-state index in [-0.39, 0.29) is 35.2 Å². The maximum atomic E-state index is 13.6. The van der Waals surface area contributed by atoms with Crippen LogP contribution in [0.4, 0.5) is 4.39 Å². The van der Waals surface area contributed by atoms with Crippen molar-refractivity contribution in [3.05, 3.63) is 29.6 Å². The zero-order valence-electron chi connectivity index (χ0n) is 11.4. The normalized spacial score (nSPS) is 16.4. The van der Waals surface area contributed by atoms with Gasteiger partial charge in [-0.05, 0) is 31.0 Å². The first kappa shape index (κ1) is 16.7. The van der Waals surface area contributed by atoms with Crippen LogP contribution >= 0.6 is 12.4 Å². The van der Waals surface area contributed by atoms with Gasteiger partial charge in [-0.3, -0.25) is 4.79 Å². The van der Waals surface area contributed by atoms with Crippen molar-refractivity contribution in [2.75, 3.05) is 13.7 Å². The van der Waals surface area contributed by atoms with Crippen molar-refractivity contribution in [3.8, 4) is 5.75 Å². The molecule has 1 amide bonds. The molecule has 0 spiro atoms. The zero-order chi connectivity index (χ0) is 13.9. The summed E-state index contributed by atoms with van der Waals surface area (Å²) in [5, 5.41) is 2.95. The molecular weight excluding hydrogens is 283 g/mol. The Bertz CT molecular complexity index is 476. The Labute approximate surface area is 124 Å². The first-order valence-electron chi connectivity index (χ1n) is 6.46. The van der Waals surface area contributed by atoms with Crippen molar-refractivity contribution in [3.63, 3.8) is 0 Å². The summed E-state index contributed by atoms with van der Waals surface area (Å²) in [6, 6.07) is 4.19. The molecule has 0 atom stereocenters. The second kappa shape index (κ2) is 6.90. The molecule has 0 radical (unpaired) electrons. The molecule has 1 aromatic rings. The predicted molar refractivity (Wildman–Crippen MR) is 77.9 cm³/mol. The topological polar surface area (TPSA) is 64.3 Å². The minimum atomic E-state index is -0.539. The van der Waals surface area contributed by atoms with Crippen LogP contribution in [0.2, 0.25) is 0 Å². The van der Waals surface area contributed by atoms with Crippen LogP contribution in [0, 0.1) is 5.82 Å². The van der Waals surface area contributed by atoms with Crippen LogP contribution in [-0.2, 0) is 0 Å². The van der Waals surface area contributed by atoms with E-state index < -0.39 is 5.82 Å². The summed E-state index contributed by atoms with van der Waals surface area (Å²) in [6.07, 6.45) is 3.89. The summed E-state index contributed by atoms with van der Waals surface area (Å²) in [5.74, 6) is -0.691. The maximum absolute atomic E-state index is 13.6. The van der Waals surface area contributed by atoms with Crippen LogP contribution in [-0.4, -0.2) is 25.1 Å².